The summed E-state index contributed by atoms with van der Waals surface area (Å²) < 4.78 is 36.8. The van der Waals surface area contributed by atoms with Gasteiger partial charge in [0.15, 0.2) is 14.5 Å². The molecule has 0 spiro atoms. The first-order valence-electron chi connectivity index (χ1n) is 21.0. The predicted octanol–water partition coefficient (Wildman–Crippen LogP) is 6.22. The molecule has 1 saturated heterocycles. The summed E-state index contributed by atoms with van der Waals surface area (Å²) in [5.74, 6) is -1.86. The molecule has 0 saturated carbocycles. The summed E-state index contributed by atoms with van der Waals surface area (Å²) in [5, 5.41) is 2.44. The van der Waals surface area contributed by atoms with Crippen LogP contribution in [-0.4, -0.2) is 133 Å². The number of hydrogen-bond acceptors (Lipinski definition) is 12. The molecule has 17 nitrogen and oxygen atoms in total. The molecular weight excluding hydrogens is 846 g/mol. The lowest BCUT2D eigenvalue weighted by Crippen LogP contribution is -2.51. The highest BCUT2D eigenvalue weighted by Crippen LogP contribution is 2.52. The van der Waals surface area contributed by atoms with Crippen molar-refractivity contribution in [2.45, 2.75) is 103 Å². The van der Waals surface area contributed by atoms with Crippen molar-refractivity contribution in [2.24, 2.45) is 0 Å². The van der Waals surface area contributed by atoms with Gasteiger partial charge in [-0.3, -0.25) is 28.6 Å². The minimum Gasteiger partial charge on any atom is -0.408 e. The van der Waals surface area contributed by atoms with Crippen molar-refractivity contribution in [1.29, 1.82) is 0 Å². The van der Waals surface area contributed by atoms with E-state index in [9.17, 15) is 24.0 Å². The molecule has 63 heavy (non-hydrogen) atoms. The van der Waals surface area contributed by atoms with Crippen LogP contribution in [0, 0.1) is 6.57 Å². The first-order valence-corrected chi connectivity index (χ1v) is 25.1. The highest BCUT2D eigenvalue weighted by atomic mass is 31.2. The molecule has 1 N–H and O–H groups in total. The first-order chi connectivity index (χ1) is 29.7. The SMILES string of the molecule is [C-]#[N+]CCOP(O[C@H]1C(O[Si](C)(C)C(C)(C)C)[C@@H](COCCN(C)C(=O)CN2C(=O)c3ccccc3C2=O)O[C@H]1n1ccc(NC(=O)c2ccccc2)nc1=O)N(C(C)C)C(C)C. The molecule has 2 unspecified atom stereocenters. The molecule has 0 radical (unpaired) electrons. The van der Waals surface area contributed by atoms with Crippen LogP contribution >= 0.6 is 8.53 Å². The van der Waals surface area contributed by atoms with Gasteiger partial charge >= 0.3 is 5.69 Å². The fourth-order valence-corrected chi connectivity index (χ4v) is 9.90. The highest BCUT2D eigenvalue weighted by molar-refractivity contribution is 7.44. The third-order valence-corrected chi connectivity index (χ3v) is 17.8. The van der Waals surface area contributed by atoms with Gasteiger partial charge < -0.3 is 38.0 Å². The van der Waals surface area contributed by atoms with E-state index in [4.69, 9.17) is 29.5 Å². The molecule has 4 amide bonds. The predicted molar refractivity (Wildman–Crippen MR) is 240 cm³/mol. The van der Waals surface area contributed by atoms with Gasteiger partial charge in [0.1, 0.15) is 37.3 Å². The summed E-state index contributed by atoms with van der Waals surface area (Å²) in [5.41, 5.74) is 0.211. The number of carbonyl (C=O) groups excluding carboxylic acids is 4. The molecule has 19 heteroatoms. The van der Waals surface area contributed by atoms with Gasteiger partial charge in [-0.2, -0.15) is 4.98 Å². The molecule has 2 aliphatic rings. The van der Waals surface area contributed by atoms with Gasteiger partial charge in [0, 0.05) is 37.4 Å². The lowest BCUT2D eigenvalue weighted by molar-refractivity contribution is -0.131. The van der Waals surface area contributed by atoms with Crippen molar-refractivity contribution in [3.8, 4) is 0 Å². The fraction of sp³-hybridized carbons (Fsp3) is 0.523. The fourth-order valence-electron chi connectivity index (χ4n) is 6.85. The number of rotatable bonds is 20. The standard InChI is InChI=1S/C44H60N7O10PSi/c1-29(2)51(30(3)4)62(58-25-22-45-8)60-38-37(61-63(10,11)44(5,6)7)34(59-42(38)49-23-21-35(47-43(49)56)46-39(53)31-17-13-12-14-18-31)28-57-26-24-48(9)36(52)27-50-40(54)32-19-15-16-20-33(32)41(50)55/h12-21,23,29-30,34,37-38,42H,22,24-28H2,1-7,9-11H3,(H,46,47,53,56)/t34-,37?,38+,42-,62?/m1/s1. The minimum absolute atomic E-state index is 0.0297. The third-order valence-electron chi connectivity index (χ3n) is 11.2. The molecular formula is C44H60N7O10PSi. The molecule has 5 rings (SSSR count). The van der Waals surface area contributed by atoms with E-state index in [1.807, 2.05) is 27.7 Å². The van der Waals surface area contributed by atoms with E-state index in [1.54, 1.807) is 61.6 Å². The summed E-state index contributed by atoms with van der Waals surface area (Å²) in [6.07, 6.45) is -2.18. The molecule has 0 aliphatic carbocycles. The van der Waals surface area contributed by atoms with Crippen molar-refractivity contribution in [1.82, 2.24) is 24.0 Å². The largest absolute Gasteiger partial charge is 0.408 e. The van der Waals surface area contributed by atoms with E-state index in [1.165, 1.54) is 21.7 Å². The Balaban J connectivity index is 1.42. The maximum atomic E-state index is 14.0. The van der Waals surface area contributed by atoms with Gasteiger partial charge in [-0.25, -0.2) is 16.0 Å². The van der Waals surface area contributed by atoms with E-state index in [-0.39, 0.29) is 67.0 Å². The Morgan fingerprint density at radius 2 is 1.57 bits per heavy atom. The van der Waals surface area contributed by atoms with Gasteiger partial charge in [-0.15, -0.1) is 0 Å². The van der Waals surface area contributed by atoms with Gasteiger partial charge in [0.05, 0.1) is 24.3 Å². The zero-order valence-electron chi connectivity index (χ0n) is 37.8. The lowest BCUT2D eigenvalue weighted by atomic mass is 10.1. The van der Waals surface area contributed by atoms with Crippen molar-refractivity contribution >= 4 is 46.3 Å². The third kappa shape index (κ3) is 11.9. The molecule has 340 valence electrons. The average Bonchev–Trinajstić information content (AvgIpc) is 3.67. The summed E-state index contributed by atoms with van der Waals surface area (Å²) >= 11 is 0. The second-order valence-corrected chi connectivity index (χ2v) is 23.6. The van der Waals surface area contributed by atoms with E-state index >= 15 is 0 Å². The van der Waals surface area contributed by atoms with Crippen LogP contribution in [0.15, 0.2) is 71.7 Å². The van der Waals surface area contributed by atoms with E-state index in [0.29, 0.717) is 5.56 Å². The van der Waals surface area contributed by atoms with Crippen LogP contribution in [0.1, 0.15) is 85.8 Å². The Morgan fingerprint density at radius 3 is 2.14 bits per heavy atom. The van der Waals surface area contributed by atoms with Gasteiger partial charge in [-0.1, -0.05) is 51.1 Å². The second-order valence-electron chi connectivity index (χ2n) is 17.5. The van der Waals surface area contributed by atoms with Crippen LogP contribution in [-0.2, 0) is 27.7 Å². The Labute approximate surface area is 371 Å². The number of hydrogen-bond donors (Lipinski definition) is 1. The number of anilines is 1. The van der Waals surface area contributed by atoms with E-state index in [0.717, 1.165) is 4.90 Å². The number of ether oxygens (including phenoxy) is 2. The summed E-state index contributed by atoms with van der Waals surface area (Å²) in [6, 6.07) is 16.5. The molecule has 2 aliphatic heterocycles. The number of nitrogens with zero attached hydrogens (tertiary/aromatic N) is 6. The Morgan fingerprint density at radius 1 is 0.952 bits per heavy atom. The zero-order valence-corrected chi connectivity index (χ0v) is 39.7. The topological polar surface area (TPSA) is 175 Å². The van der Waals surface area contributed by atoms with Crippen molar-refractivity contribution in [3.63, 3.8) is 0 Å². The Hall–Kier alpha value is -4.70. The number of nitrogens with one attached hydrogen (secondary N) is 1. The van der Waals surface area contributed by atoms with Crippen molar-refractivity contribution in [2.75, 3.05) is 51.8 Å². The van der Waals surface area contributed by atoms with Crippen molar-refractivity contribution in [3.05, 3.63) is 105 Å². The van der Waals surface area contributed by atoms with Crippen molar-refractivity contribution < 1.29 is 42.1 Å². The number of likely N-dealkylation sites (N-methyl/N-ethyl adjacent to an activating group) is 1. The van der Waals surface area contributed by atoms with Crippen LogP contribution in [0.25, 0.3) is 4.85 Å². The number of imide groups is 1. The monoisotopic (exact) mass is 905 g/mol. The van der Waals surface area contributed by atoms with Gasteiger partial charge in [-0.05, 0) is 76.2 Å². The number of aromatic nitrogens is 2. The quantitative estimate of drug-likeness (QED) is 0.0446. The smallest absolute Gasteiger partial charge is 0.351 e. The number of amides is 4. The Kier molecular flexibility index (Phi) is 16.7. The van der Waals surface area contributed by atoms with Crippen LogP contribution in [0.4, 0.5) is 5.82 Å². The van der Waals surface area contributed by atoms with E-state index in [2.05, 4.69) is 53.7 Å². The molecule has 2 aromatic carbocycles. The lowest BCUT2D eigenvalue weighted by Gasteiger charge is -2.42. The number of fused-ring (bicyclic) bond motifs is 1. The number of carbonyl (C=O) groups is 4. The summed E-state index contributed by atoms with van der Waals surface area (Å²) in [7, 11) is -2.90. The molecule has 0 bridgehead atoms. The van der Waals surface area contributed by atoms with E-state index < -0.39 is 77.2 Å². The highest BCUT2D eigenvalue weighted by Gasteiger charge is 2.53. The van der Waals surface area contributed by atoms with Crippen LogP contribution < -0.4 is 11.0 Å². The zero-order chi connectivity index (χ0) is 46.2. The molecule has 5 atom stereocenters. The first kappa shape index (κ1) is 49.3. The molecule has 1 aromatic heterocycles. The summed E-state index contributed by atoms with van der Waals surface area (Å²) in [6.45, 7) is 26.0. The van der Waals surface area contributed by atoms with Crippen LogP contribution in [0.2, 0.25) is 18.1 Å². The second kappa shape index (κ2) is 21.3. The summed E-state index contributed by atoms with van der Waals surface area (Å²) in [4.78, 5) is 76.0. The normalized spacial score (nSPS) is 19.5. The maximum absolute atomic E-state index is 14.0. The van der Waals surface area contributed by atoms with Crippen LogP contribution in [0.3, 0.4) is 0 Å². The Bertz CT molecular complexity index is 2150. The van der Waals surface area contributed by atoms with Crippen LogP contribution in [0.5, 0.6) is 0 Å². The average molecular weight is 906 g/mol. The minimum atomic E-state index is -2.61. The van der Waals surface area contributed by atoms with Gasteiger partial charge in [0.2, 0.25) is 12.5 Å². The maximum Gasteiger partial charge on any atom is 0.351 e. The number of benzene rings is 2. The molecule has 3 aromatic rings. The molecule has 1 fully saturated rings. The van der Waals surface area contributed by atoms with Gasteiger partial charge in [0.25, 0.3) is 26.2 Å². The molecule has 3 heterocycles.